The van der Waals surface area contributed by atoms with Crippen molar-refractivity contribution in [3.05, 3.63) is 27.7 Å². The van der Waals surface area contributed by atoms with E-state index in [4.69, 9.17) is 28.9 Å². The first kappa shape index (κ1) is 15.6. The van der Waals surface area contributed by atoms with Crippen LogP contribution in [-0.4, -0.2) is 16.3 Å². The molecule has 0 amide bonds. The third-order valence-electron chi connectivity index (χ3n) is 3.01. The van der Waals surface area contributed by atoms with Crippen molar-refractivity contribution < 1.29 is 10.2 Å². The molecule has 1 aromatic rings. The molecule has 1 rings (SSSR count). The van der Waals surface area contributed by atoms with Crippen molar-refractivity contribution >= 4 is 23.2 Å². The smallest absolute Gasteiger partial charge is 0.140 e. The van der Waals surface area contributed by atoms with Gasteiger partial charge in [0, 0.05) is 16.6 Å². The van der Waals surface area contributed by atoms with Crippen LogP contribution in [0.4, 0.5) is 0 Å². The molecule has 1 aromatic carbocycles. The van der Waals surface area contributed by atoms with Gasteiger partial charge in [-0.15, -0.1) is 0 Å². The van der Waals surface area contributed by atoms with Gasteiger partial charge in [-0.2, -0.15) is 0 Å². The Balaban J connectivity index is 2.95. The summed E-state index contributed by atoms with van der Waals surface area (Å²) >= 11 is 11.7. The molecular formula is C13H19Cl2NO2. The predicted octanol–water partition coefficient (Wildman–Crippen LogP) is 3.50. The molecule has 0 aromatic heterocycles. The standard InChI is InChI=1S/C13H19Cl2NO2/c1-13(2,3)11(16)6-10(17)8-4-7(14)5-9(15)12(8)18/h4-5,10-11,17-18H,6,16H2,1-3H3/t10-,11+/m0/s1. The van der Waals surface area contributed by atoms with Crippen LogP contribution in [0.1, 0.15) is 38.9 Å². The third kappa shape index (κ3) is 3.75. The fourth-order valence-electron chi connectivity index (χ4n) is 1.56. The first-order valence-electron chi connectivity index (χ1n) is 5.74. The number of aliphatic hydroxyl groups is 1. The number of rotatable bonds is 3. The quantitative estimate of drug-likeness (QED) is 0.798. The van der Waals surface area contributed by atoms with Crippen LogP contribution in [0, 0.1) is 5.41 Å². The summed E-state index contributed by atoms with van der Waals surface area (Å²) in [4.78, 5) is 0. The molecule has 0 radical (unpaired) electrons. The average molecular weight is 292 g/mol. The molecule has 0 bridgehead atoms. The highest BCUT2D eigenvalue weighted by atomic mass is 35.5. The Morgan fingerprint density at radius 1 is 1.28 bits per heavy atom. The van der Waals surface area contributed by atoms with Gasteiger partial charge in [0.05, 0.1) is 11.1 Å². The summed E-state index contributed by atoms with van der Waals surface area (Å²) in [5.41, 5.74) is 6.19. The van der Waals surface area contributed by atoms with Crippen molar-refractivity contribution in [3.8, 4) is 5.75 Å². The minimum Gasteiger partial charge on any atom is -0.506 e. The molecule has 5 heteroatoms. The molecule has 4 N–H and O–H groups in total. The van der Waals surface area contributed by atoms with E-state index in [1.54, 1.807) is 0 Å². The second kappa shape index (κ2) is 5.66. The summed E-state index contributed by atoms with van der Waals surface area (Å²) < 4.78 is 0. The Morgan fingerprint density at radius 3 is 2.33 bits per heavy atom. The minimum absolute atomic E-state index is 0.126. The van der Waals surface area contributed by atoms with Crippen LogP contribution in [-0.2, 0) is 0 Å². The highest BCUT2D eigenvalue weighted by Gasteiger charge is 2.25. The van der Waals surface area contributed by atoms with Crippen molar-refractivity contribution in [2.75, 3.05) is 0 Å². The van der Waals surface area contributed by atoms with Gasteiger partial charge in [0.15, 0.2) is 0 Å². The maximum Gasteiger partial charge on any atom is 0.140 e. The van der Waals surface area contributed by atoms with Crippen molar-refractivity contribution in [1.82, 2.24) is 0 Å². The minimum atomic E-state index is -0.893. The first-order valence-corrected chi connectivity index (χ1v) is 6.50. The maximum absolute atomic E-state index is 10.1. The predicted molar refractivity (Wildman–Crippen MR) is 75.1 cm³/mol. The van der Waals surface area contributed by atoms with Crippen LogP contribution in [0.5, 0.6) is 5.75 Å². The second-order valence-electron chi connectivity index (χ2n) is 5.55. The lowest BCUT2D eigenvalue weighted by molar-refractivity contribution is 0.131. The van der Waals surface area contributed by atoms with Gasteiger partial charge in [-0.1, -0.05) is 44.0 Å². The molecule has 0 fully saturated rings. The van der Waals surface area contributed by atoms with Crippen molar-refractivity contribution in [1.29, 1.82) is 0 Å². The number of hydrogen-bond donors (Lipinski definition) is 3. The fraction of sp³-hybridized carbons (Fsp3) is 0.538. The number of nitrogens with two attached hydrogens (primary N) is 1. The Hall–Kier alpha value is -0.480. The fourth-order valence-corrected chi connectivity index (χ4v) is 2.07. The van der Waals surface area contributed by atoms with E-state index in [-0.39, 0.29) is 22.2 Å². The monoisotopic (exact) mass is 291 g/mol. The molecule has 0 aliphatic rings. The second-order valence-corrected chi connectivity index (χ2v) is 6.39. The highest BCUT2D eigenvalue weighted by Crippen LogP contribution is 2.37. The van der Waals surface area contributed by atoms with Crippen molar-refractivity contribution in [2.24, 2.45) is 11.1 Å². The van der Waals surface area contributed by atoms with Gasteiger partial charge >= 0.3 is 0 Å². The van der Waals surface area contributed by atoms with E-state index in [2.05, 4.69) is 0 Å². The van der Waals surface area contributed by atoms with Crippen LogP contribution in [0.25, 0.3) is 0 Å². The molecule has 0 saturated carbocycles. The Morgan fingerprint density at radius 2 is 1.83 bits per heavy atom. The zero-order chi connectivity index (χ0) is 14.1. The molecule has 102 valence electrons. The lowest BCUT2D eigenvalue weighted by Crippen LogP contribution is -2.36. The molecule has 0 saturated heterocycles. The van der Waals surface area contributed by atoms with Crippen LogP contribution in [0.3, 0.4) is 0 Å². The molecule has 18 heavy (non-hydrogen) atoms. The zero-order valence-electron chi connectivity index (χ0n) is 10.7. The van der Waals surface area contributed by atoms with Gasteiger partial charge in [-0.3, -0.25) is 0 Å². The Labute approximate surface area is 118 Å². The number of aromatic hydroxyl groups is 1. The molecule has 0 aliphatic heterocycles. The SMILES string of the molecule is CC(C)(C)[C@H](N)C[C@H](O)c1cc(Cl)cc(Cl)c1O. The molecule has 0 unspecified atom stereocenters. The average Bonchev–Trinajstić information content (AvgIpc) is 2.21. The van der Waals surface area contributed by atoms with Crippen LogP contribution in [0.15, 0.2) is 12.1 Å². The van der Waals surface area contributed by atoms with E-state index in [1.165, 1.54) is 12.1 Å². The molecular weight excluding hydrogens is 273 g/mol. The normalized spacial score (nSPS) is 15.5. The number of halogens is 2. The number of hydrogen-bond acceptors (Lipinski definition) is 3. The van der Waals surface area contributed by atoms with Crippen LogP contribution >= 0.6 is 23.2 Å². The lowest BCUT2D eigenvalue weighted by Gasteiger charge is -2.29. The molecule has 3 nitrogen and oxygen atoms in total. The summed E-state index contributed by atoms with van der Waals surface area (Å²) in [7, 11) is 0. The van der Waals surface area contributed by atoms with E-state index in [1.807, 2.05) is 20.8 Å². The van der Waals surface area contributed by atoms with Gasteiger partial charge in [0.1, 0.15) is 5.75 Å². The molecule has 0 spiro atoms. The number of benzene rings is 1. The highest BCUT2D eigenvalue weighted by molar-refractivity contribution is 6.35. The maximum atomic E-state index is 10.1. The van der Waals surface area contributed by atoms with Crippen molar-refractivity contribution in [3.63, 3.8) is 0 Å². The van der Waals surface area contributed by atoms with E-state index >= 15 is 0 Å². The summed E-state index contributed by atoms with van der Waals surface area (Å²) in [5, 5.41) is 20.4. The van der Waals surface area contributed by atoms with E-state index < -0.39 is 6.10 Å². The van der Waals surface area contributed by atoms with E-state index in [0.29, 0.717) is 17.0 Å². The van der Waals surface area contributed by atoms with Crippen molar-refractivity contribution in [2.45, 2.75) is 39.3 Å². The molecule has 0 heterocycles. The number of phenolic OH excluding ortho intramolecular Hbond substituents is 1. The largest absolute Gasteiger partial charge is 0.506 e. The van der Waals surface area contributed by atoms with E-state index in [9.17, 15) is 10.2 Å². The Kier molecular flexibility index (Phi) is 4.90. The summed E-state index contributed by atoms with van der Waals surface area (Å²) in [6.45, 7) is 5.99. The first-order chi connectivity index (χ1) is 8.12. The third-order valence-corrected chi connectivity index (χ3v) is 3.51. The van der Waals surface area contributed by atoms with Crippen LogP contribution in [0.2, 0.25) is 10.0 Å². The topological polar surface area (TPSA) is 66.5 Å². The van der Waals surface area contributed by atoms with Gasteiger partial charge < -0.3 is 15.9 Å². The molecule has 2 atom stereocenters. The van der Waals surface area contributed by atoms with E-state index in [0.717, 1.165) is 0 Å². The Bertz CT molecular complexity index is 430. The summed E-state index contributed by atoms with van der Waals surface area (Å²) in [6, 6.07) is 2.73. The van der Waals surface area contributed by atoms with Gasteiger partial charge in [-0.05, 0) is 24.0 Å². The number of phenols is 1. The summed E-state index contributed by atoms with van der Waals surface area (Å²) in [5.74, 6) is -0.144. The number of aliphatic hydroxyl groups excluding tert-OH is 1. The summed E-state index contributed by atoms with van der Waals surface area (Å²) in [6.07, 6.45) is -0.566. The van der Waals surface area contributed by atoms with Gasteiger partial charge in [-0.25, -0.2) is 0 Å². The van der Waals surface area contributed by atoms with Gasteiger partial charge in [0.25, 0.3) is 0 Å². The lowest BCUT2D eigenvalue weighted by atomic mass is 9.83. The van der Waals surface area contributed by atoms with Crippen LogP contribution < -0.4 is 5.73 Å². The molecule has 0 aliphatic carbocycles. The van der Waals surface area contributed by atoms with Gasteiger partial charge in [0.2, 0.25) is 0 Å². The zero-order valence-corrected chi connectivity index (χ0v) is 12.3.